The van der Waals surface area contributed by atoms with Crippen molar-refractivity contribution < 1.29 is 0 Å². The van der Waals surface area contributed by atoms with Crippen LogP contribution in [0.15, 0.2) is 364 Å². The summed E-state index contributed by atoms with van der Waals surface area (Å²) in [5.74, 6) is 0. The number of fused-ring (bicyclic) bond motifs is 9. The molecule has 2 aliphatic rings. The lowest BCUT2D eigenvalue weighted by molar-refractivity contribution is 0.590. The molecule has 0 saturated heterocycles. The first-order valence-corrected chi connectivity index (χ1v) is 37.3. The van der Waals surface area contributed by atoms with Gasteiger partial charge in [0.15, 0.2) is 0 Å². The van der Waals surface area contributed by atoms with E-state index < -0.39 is 10.8 Å². The average molecular weight is 1370 g/mol. The van der Waals surface area contributed by atoms with Crippen molar-refractivity contribution in [2.45, 2.75) is 77.0 Å². The molecule has 0 fully saturated rings. The van der Waals surface area contributed by atoms with Gasteiger partial charge in [0.2, 0.25) is 0 Å². The highest BCUT2D eigenvalue weighted by Crippen LogP contribution is 2.60. The van der Waals surface area contributed by atoms with Gasteiger partial charge in [-0.3, -0.25) is 0 Å². The van der Waals surface area contributed by atoms with Crippen LogP contribution in [0.4, 0.5) is 51.2 Å². The minimum Gasteiger partial charge on any atom is -0.311 e. The second-order valence-corrected chi connectivity index (χ2v) is 31.0. The van der Waals surface area contributed by atoms with E-state index in [2.05, 4.69) is 439 Å². The van der Waals surface area contributed by atoms with E-state index in [4.69, 9.17) is 0 Å². The summed E-state index contributed by atoms with van der Waals surface area (Å²) in [5, 5.41) is 2.35. The normalized spacial score (nSPS) is 13.2. The fourth-order valence-corrected chi connectivity index (χ4v) is 17.4. The lowest BCUT2D eigenvalue weighted by atomic mass is 9.67. The SMILES string of the molecule is Cc1ccc(N(c2ccc(C)cc2)c2ccc(-n3c4ccc(C5(c6ccc(N(c7ccccc7)c7ccc(C(C)(C)C)cc7)cc6)c6ccccc6-c6ccccc65)cc4c4cc(C5(c6ccc(N(c7ccccc7)c7ccc(C(C)(C)C)cc7)cc6)c6ccccc6-c6ccccc65)ccc43)cc2)cc1. The number of hydrogen-bond donors (Lipinski definition) is 0. The third-order valence-corrected chi connectivity index (χ3v) is 22.6. The predicted molar refractivity (Wildman–Crippen MR) is 446 cm³/mol. The molecule has 0 spiro atoms. The standard InChI is InChI=1S/C102H84N4/c1-69-35-49-79(50-36-69)105(80-51-37-70(2)38-52-80)85-61-63-86(64-62-85)106-97-65-47-75(101(93-31-19-15-27-87(93)88-28-16-20-32-94(88)101)73-43-57-83(58-44-73)103(77-23-11-9-12-24-77)81-53-39-71(40-54-81)99(3,4)5)67-91(97)92-68-76(48-66-98(92)106)102(95-33-21-17-29-89(95)90-30-18-22-34-96(90)102)74-45-59-84(60-46-74)104(78-25-13-10-14-26-78)82-55-41-72(42-56-82)100(6,7)8/h9-68H,1-8H3. The summed E-state index contributed by atoms with van der Waals surface area (Å²) in [6, 6.07) is 137. The summed E-state index contributed by atoms with van der Waals surface area (Å²) in [6.45, 7) is 18.0. The van der Waals surface area contributed by atoms with Crippen molar-refractivity contribution in [1.82, 2.24) is 4.57 Å². The third kappa shape index (κ3) is 10.8. The fourth-order valence-electron chi connectivity index (χ4n) is 17.4. The maximum absolute atomic E-state index is 2.56. The molecule has 0 unspecified atom stereocenters. The Kier molecular flexibility index (Phi) is 15.9. The summed E-state index contributed by atoms with van der Waals surface area (Å²) < 4.78 is 2.51. The second kappa shape index (κ2) is 25.7. The van der Waals surface area contributed by atoms with Crippen LogP contribution in [0.1, 0.15) is 108 Å². The van der Waals surface area contributed by atoms with Gasteiger partial charge in [0.1, 0.15) is 0 Å². The number of benzene rings is 15. The van der Waals surface area contributed by atoms with Crippen LogP contribution in [0.2, 0.25) is 0 Å². The zero-order chi connectivity index (χ0) is 72.1. The largest absolute Gasteiger partial charge is 0.311 e. The van der Waals surface area contributed by atoms with Gasteiger partial charge in [-0.15, -0.1) is 0 Å². The fraction of sp³-hybridized carbons (Fsp3) is 0.118. The van der Waals surface area contributed by atoms with E-state index in [-0.39, 0.29) is 10.8 Å². The first-order chi connectivity index (χ1) is 51.6. The van der Waals surface area contributed by atoms with E-state index in [9.17, 15) is 0 Å². The molecule has 1 aromatic heterocycles. The third-order valence-electron chi connectivity index (χ3n) is 22.6. The minimum absolute atomic E-state index is 0.0233. The van der Waals surface area contributed by atoms with E-state index >= 15 is 0 Å². The van der Waals surface area contributed by atoms with E-state index in [0.717, 1.165) is 67.9 Å². The number of anilines is 9. The molecule has 2 aliphatic carbocycles. The number of rotatable bonds is 14. The number of aryl methyl sites for hydroxylation is 2. The number of aromatic nitrogens is 1. The van der Waals surface area contributed by atoms with Crippen LogP contribution in [-0.4, -0.2) is 4.57 Å². The van der Waals surface area contributed by atoms with Gasteiger partial charge in [0, 0.05) is 67.6 Å². The zero-order valence-corrected chi connectivity index (χ0v) is 61.4. The molecule has 4 heteroatoms. The maximum Gasteiger partial charge on any atom is 0.0713 e. The van der Waals surface area contributed by atoms with Crippen molar-refractivity contribution in [2.75, 3.05) is 14.7 Å². The minimum atomic E-state index is -0.719. The lowest BCUT2D eigenvalue weighted by Gasteiger charge is -2.35. The van der Waals surface area contributed by atoms with Crippen molar-refractivity contribution >= 4 is 73.0 Å². The van der Waals surface area contributed by atoms with Gasteiger partial charge in [-0.1, -0.05) is 271 Å². The Hall–Kier alpha value is -12.5. The van der Waals surface area contributed by atoms with Crippen LogP contribution < -0.4 is 14.7 Å². The summed E-state index contributed by atoms with van der Waals surface area (Å²) in [7, 11) is 0. The predicted octanol–water partition coefficient (Wildman–Crippen LogP) is 27.1. The van der Waals surface area contributed by atoms with Crippen LogP contribution in [0, 0.1) is 13.8 Å². The van der Waals surface area contributed by atoms with Gasteiger partial charge in [-0.25, -0.2) is 0 Å². The van der Waals surface area contributed by atoms with Gasteiger partial charge >= 0.3 is 0 Å². The highest BCUT2D eigenvalue weighted by atomic mass is 15.2. The molecule has 0 aliphatic heterocycles. The average Bonchev–Trinajstić information content (AvgIpc) is 1.52. The molecule has 0 atom stereocenters. The Morgan fingerprint density at radius 1 is 0.236 bits per heavy atom. The van der Waals surface area contributed by atoms with Crippen LogP contribution >= 0.6 is 0 Å². The summed E-state index contributed by atoms with van der Waals surface area (Å²) in [6.07, 6.45) is 0. The molecule has 4 nitrogen and oxygen atoms in total. The summed E-state index contributed by atoms with van der Waals surface area (Å²) in [5.41, 5.74) is 31.8. The molecule has 512 valence electrons. The monoisotopic (exact) mass is 1360 g/mol. The zero-order valence-electron chi connectivity index (χ0n) is 61.4. The second-order valence-electron chi connectivity index (χ2n) is 31.0. The summed E-state index contributed by atoms with van der Waals surface area (Å²) >= 11 is 0. The van der Waals surface area contributed by atoms with E-state index in [1.807, 2.05) is 0 Å². The van der Waals surface area contributed by atoms with Gasteiger partial charge in [-0.05, 0) is 248 Å². The van der Waals surface area contributed by atoms with Crippen molar-refractivity contribution in [2.24, 2.45) is 0 Å². The smallest absolute Gasteiger partial charge is 0.0713 e. The van der Waals surface area contributed by atoms with Gasteiger partial charge in [0.25, 0.3) is 0 Å². The van der Waals surface area contributed by atoms with Crippen molar-refractivity contribution in [3.8, 4) is 27.9 Å². The molecule has 15 aromatic carbocycles. The van der Waals surface area contributed by atoms with Crippen LogP contribution in [-0.2, 0) is 21.7 Å². The van der Waals surface area contributed by atoms with Crippen molar-refractivity contribution in [1.29, 1.82) is 0 Å². The molecule has 0 radical (unpaired) electrons. The Morgan fingerprint density at radius 2 is 0.481 bits per heavy atom. The molecular formula is C102H84N4. The Morgan fingerprint density at radius 3 is 0.783 bits per heavy atom. The molecule has 0 amide bonds. The van der Waals surface area contributed by atoms with Gasteiger partial charge in [0.05, 0.1) is 21.9 Å². The van der Waals surface area contributed by atoms with E-state index in [0.29, 0.717) is 0 Å². The molecule has 0 N–H and O–H groups in total. The highest BCUT2D eigenvalue weighted by Gasteiger charge is 2.48. The quantitative estimate of drug-likeness (QED) is 0.108. The molecule has 0 bridgehead atoms. The topological polar surface area (TPSA) is 14.7 Å². The molecular weight excluding hydrogens is 1280 g/mol. The van der Waals surface area contributed by atoms with Gasteiger partial charge < -0.3 is 19.3 Å². The van der Waals surface area contributed by atoms with E-state index in [1.165, 1.54) is 99.8 Å². The molecule has 18 rings (SSSR count). The molecule has 16 aromatic rings. The van der Waals surface area contributed by atoms with E-state index in [1.54, 1.807) is 0 Å². The number of para-hydroxylation sites is 2. The van der Waals surface area contributed by atoms with Crippen LogP contribution in [0.25, 0.3) is 49.7 Å². The Labute approximate surface area is 624 Å². The van der Waals surface area contributed by atoms with Crippen molar-refractivity contribution in [3.63, 3.8) is 0 Å². The first kappa shape index (κ1) is 65.5. The first-order valence-electron chi connectivity index (χ1n) is 37.3. The highest BCUT2D eigenvalue weighted by molar-refractivity contribution is 6.11. The number of nitrogens with zero attached hydrogens (tertiary/aromatic N) is 4. The van der Waals surface area contributed by atoms with Crippen molar-refractivity contribution in [3.05, 3.63) is 431 Å². The van der Waals surface area contributed by atoms with Crippen LogP contribution in [0.3, 0.4) is 0 Å². The molecule has 106 heavy (non-hydrogen) atoms. The van der Waals surface area contributed by atoms with Gasteiger partial charge in [-0.2, -0.15) is 0 Å². The van der Waals surface area contributed by atoms with Crippen LogP contribution in [0.5, 0.6) is 0 Å². The Bertz CT molecular complexity index is 5500. The molecule has 0 saturated carbocycles. The maximum atomic E-state index is 2.56. The summed E-state index contributed by atoms with van der Waals surface area (Å²) in [4.78, 5) is 7.15. The Balaban J connectivity index is 0.865. The lowest BCUT2D eigenvalue weighted by Crippen LogP contribution is -2.28. The molecule has 1 heterocycles. The number of hydrogen-bond acceptors (Lipinski definition) is 3.